The van der Waals surface area contributed by atoms with Gasteiger partial charge in [-0.2, -0.15) is 0 Å². The van der Waals surface area contributed by atoms with Crippen LogP contribution in [-0.4, -0.2) is 23.4 Å². The molecule has 27 heavy (non-hydrogen) atoms. The SMILES string of the molecule is O=S(=O)(NCC(c1ccco1)S(=O)(=O)c1cccs1)c1cc(F)ccc1F. The van der Waals surface area contributed by atoms with Gasteiger partial charge >= 0.3 is 0 Å². The summed E-state index contributed by atoms with van der Waals surface area (Å²) in [5.41, 5.74) is 0. The first-order valence-electron chi connectivity index (χ1n) is 7.47. The van der Waals surface area contributed by atoms with E-state index >= 15 is 0 Å². The minimum Gasteiger partial charge on any atom is -0.468 e. The maximum atomic E-state index is 13.8. The monoisotopic (exact) mass is 433 g/mol. The molecule has 0 saturated carbocycles. The van der Waals surface area contributed by atoms with Gasteiger partial charge < -0.3 is 4.42 Å². The molecule has 11 heteroatoms. The lowest BCUT2D eigenvalue weighted by Gasteiger charge is -2.16. The molecule has 0 amide bonds. The Morgan fingerprint density at radius 3 is 2.48 bits per heavy atom. The summed E-state index contributed by atoms with van der Waals surface area (Å²) in [6.07, 6.45) is 1.26. The largest absolute Gasteiger partial charge is 0.468 e. The van der Waals surface area contributed by atoms with Crippen LogP contribution in [-0.2, 0) is 19.9 Å². The Kier molecular flexibility index (Phi) is 5.47. The van der Waals surface area contributed by atoms with E-state index in [2.05, 4.69) is 0 Å². The smallest absolute Gasteiger partial charge is 0.243 e. The van der Waals surface area contributed by atoms with Gasteiger partial charge in [0.1, 0.15) is 31.7 Å². The van der Waals surface area contributed by atoms with Gasteiger partial charge in [0, 0.05) is 6.54 Å². The third-order valence-corrected chi connectivity index (χ3v) is 8.58. The Hall–Kier alpha value is -2.08. The fourth-order valence-corrected chi connectivity index (χ4v) is 6.38. The van der Waals surface area contributed by atoms with Crippen molar-refractivity contribution in [2.75, 3.05) is 6.54 Å². The first-order chi connectivity index (χ1) is 12.7. The molecule has 3 aromatic rings. The molecular formula is C16H13F2NO5S3. The summed E-state index contributed by atoms with van der Waals surface area (Å²) in [5, 5.41) is 0.191. The van der Waals surface area contributed by atoms with Gasteiger partial charge in [-0.15, -0.1) is 11.3 Å². The number of rotatable bonds is 7. The van der Waals surface area contributed by atoms with Crippen molar-refractivity contribution >= 4 is 31.2 Å². The van der Waals surface area contributed by atoms with Crippen molar-refractivity contribution < 1.29 is 30.0 Å². The Bertz CT molecular complexity index is 1120. The minimum atomic E-state index is -4.50. The van der Waals surface area contributed by atoms with Crippen LogP contribution in [0.4, 0.5) is 8.78 Å². The molecule has 2 heterocycles. The van der Waals surface area contributed by atoms with Gasteiger partial charge in [-0.05, 0) is 41.8 Å². The van der Waals surface area contributed by atoms with E-state index in [9.17, 15) is 25.6 Å². The molecule has 0 radical (unpaired) electrons. The van der Waals surface area contributed by atoms with Crippen molar-refractivity contribution in [1.82, 2.24) is 4.72 Å². The van der Waals surface area contributed by atoms with E-state index in [-0.39, 0.29) is 9.97 Å². The number of nitrogens with one attached hydrogen (secondary N) is 1. The van der Waals surface area contributed by atoms with Gasteiger partial charge in [-0.1, -0.05) is 6.07 Å². The average molecular weight is 433 g/mol. The van der Waals surface area contributed by atoms with E-state index in [1.54, 1.807) is 11.4 Å². The van der Waals surface area contributed by atoms with E-state index in [1.807, 2.05) is 4.72 Å². The number of halogens is 2. The molecule has 1 atom stereocenters. The van der Waals surface area contributed by atoms with Crippen molar-refractivity contribution in [3.8, 4) is 0 Å². The zero-order valence-electron chi connectivity index (χ0n) is 13.5. The predicted octanol–water partition coefficient (Wildman–Crippen LogP) is 3.11. The third-order valence-electron chi connectivity index (χ3n) is 3.65. The molecule has 1 unspecified atom stereocenters. The van der Waals surface area contributed by atoms with E-state index in [4.69, 9.17) is 4.42 Å². The van der Waals surface area contributed by atoms with Crippen molar-refractivity contribution in [1.29, 1.82) is 0 Å². The molecule has 1 N–H and O–H groups in total. The molecule has 0 spiro atoms. The summed E-state index contributed by atoms with van der Waals surface area (Å²) in [7, 11) is -8.47. The standard InChI is InChI=1S/C16H13F2NO5S3/c17-11-5-6-12(18)14(9-11)27(22,23)19-10-15(13-3-1-7-24-13)26(20,21)16-4-2-8-25-16/h1-9,15,19H,10H2. The lowest BCUT2D eigenvalue weighted by molar-refractivity contribution is 0.486. The second-order valence-corrected chi connectivity index (χ2v) is 10.4. The van der Waals surface area contributed by atoms with Crippen LogP contribution in [0.1, 0.15) is 11.0 Å². The summed E-state index contributed by atoms with van der Waals surface area (Å²) in [6.45, 7) is -0.619. The van der Waals surface area contributed by atoms with Crippen LogP contribution in [0.25, 0.3) is 0 Å². The number of furan rings is 1. The molecule has 2 aromatic heterocycles. The number of sulfonamides is 1. The zero-order valence-corrected chi connectivity index (χ0v) is 16.0. The van der Waals surface area contributed by atoms with Crippen LogP contribution >= 0.6 is 11.3 Å². The van der Waals surface area contributed by atoms with Crippen LogP contribution in [0, 0.1) is 11.6 Å². The van der Waals surface area contributed by atoms with Gasteiger partial charge in [-0.25, -0.2) is 30.3 Å². The zero-order chi connectivity index (χ0) is 19.7. The molecule has 6 nitrogen and oxygen atoms in total. The maximum Gasteiger partial charge on any atom is 0.243 e. The fraction of sp³-hybridized carbons (Fsp3) is 0.125. The van der Waals surface area contributed by atoms with Crippen LogP contribution in [0.15, 0.2) is 67.6 Å². The lowest BCUT2D eigenvalue weighted by atomic mass is 10.3. The Morgan fingerprint density at radius 2 is 1.85 bits per heavy atom. The van der Waals surface area contributed by atoms with Crippen LogP contribution < -0.4 is 4.72 Å². The molecule has 144 valence electrons. The van der Waals surface area contributed by atoms with Gasteiger partial charge in [0.2, 0.25) is 10.0 Å². The first-order valence-corrected chi connectivity index (χ1v) is 11.4. The molecule has 0 saturated heterocycles. The summed E-state index contributed by atoms with van der Waals surface area (Å²) in [6, 6.07) is 7.77. The molecule has 0 fully saturated rings. The Balaban J connectivity index is 1.93. The summed E-state index contributed by atoms with van der Waals surface area (Å²) >= 11 is 0.973. The average Bonchev–Trinajstić information content (AvgIpc) is 3.30. The highest BCUT2D eigenvalue weighted by Crippen LogP contribution is 2.31. The number of benzene rings is 1. The van der Waals surface area contributed by atoms with Gasteiger partial charge in [0.25, 0.3) is 0 Å². The molecule has 0 aliphatic rings. The Morgan fingerprint density at radius 1 is 1.07 bits per heavy atom. The summed E-state index contributed by atoms with van der Waals surface area (Å²) in [5.74, 6) is -2.07. The van der Waals surface area contributed by atoms with Gasteiger partial charge in [0.05, 0.1) is 6.26 Å². The number of sulfone groups is 1. The summed E-state index contributed by atoms with van der Waals surface area (Å²) in [4.78, 5) is -0.908. The number of hydrogen-bond donors (Lipinski definition) is 1. The van der Waals surface area contributed by atoms with E-state index in [0.717, 1.165) is 17.4 Å². The molecule has 0 bridgehead atoms. The van der Waals surface area contributed by atoms with Crippen molar-refractivity contribution in [2.45, 2.75) is 14.4 Å². The quantitative estimate of drug-likeness (QED) is 0.618. The highest BCUT2D eigenvalue weighted by molar-refractivity contribution is 7.93. The third kappa shape index (κ3) is 4.10. The van der Waals surface area contributed by atoms with Crippen molar-refractivity contribution in [3.05, 3.63) is 71.5 Å². The van der Waals surface area contributed by atoms with Crippen molar-refractivity contribution in [3.63, 3.8) is 0 Å². The predicted molar refractivity (Wildman–Crippen MR) is 94.5 cm³/mol. The van der Waals surface area contributed by atoms with Gasteiger partial charge in [-0.3, -0.25) is 0 Å². The minimum absolute atomic E-state index is 0.0193. The lowest BCUT2D eigenvalue weighted by Crippen LogP contribution is -2.32. The van der Waals surface area contributed by atoms with Crippen LogP contribution in [0.3, 0.4) is 0 Å². The fourth-order valence-electron chi connectivity index (χ4n) is 2.35. The second-order valence-electron chi connectivity index (χ2n) is 5.41. The Labute approximate surface area is 158 Å². The normalized spacial score (nSPS) is 13.6. The van der Waals surface area contributed by atoms with E-state index in [1.165, 1.54) is 24.5 Å². The highest BCUT2D eigenvalue weighted by atomic mass is 32.2. The topological polar surface area (TPSA) is 93.4 Å². The number of thiophene rings is 1. The second kappa shape index (κ2) is 7.50. The number of hydrogen-bond acceptors (Lipinski definition) is 6. The molecule has 0 aliphatic carbocycles. The molecule has 3 rings (SSSR count). The van der Waals surface area contributed by atoms with E-state index < -0.39 is 48.2 Å². The van der Waals surface area contributed by atoms with Gasteiger partial charge in [0.15, 0.2) is 9.84 Å². The first kappa shape index (κ1) is 19.7. The molecule has 1 aromatic carbocycles. The maximum absolute atomic E-state index is 13.8. The van der Waals surface area contributed by atoms with Crippen LogP contribution in [0.5, 0.6) is 0 Å². The highest BCUT2D eigenvalue weighted by Gasteiger charge is 2.34. The molecule has 0 aliphatic heterocycles. The van der Waals surface area contributed by atoms with E-state index in [0.29, 0.717) is 12.1 Å². The molecular weight excluding hydrogens is 420 g/mol. The van der Waals surface area contributed by atoms with Crippen molar-refractivity contribution in [2.24, 2.45) is 0 Å². The van der Waals surface area contributed by atoms with Crippen LogP contribution in [0.2, 0.25) is 0 Å². The summed E-state index contributed by atoms with van der Waals surface area (Å²) < 4.78 is 84.7.